The van der Waals surface area contributed by atoms with Crippen LogP contribution in [-0.2, 0) is 9.59 Å². The quantitative estimate of drug-likeness (QED) is 0.871. The van der Waals surface area contributed by atoms with E-state index in [9.17, 15) is 14.7 Å². The fourth-order valence-corrected chi connectivity index (χ4v) is 4.97. The molecule has 1 saturated heterocycles. The molecular formula is C22H29N3O3. The van der Waals surface area contributed by atoms with Crippen LogP contribution in [0, 0.1) is 11.8 Å². The van der Waals surface area contributed by atoms with Crippen LogP contribution in [0.1, 0.15) is 63.7 Å². The van der Waals surface area contributed by atoms with E-state index in [0.29, 0.717) is 31.8 Å². The SMILES string of the molecule is CC(C)n1c(C2CCCN(C(=O)[C@@H]3CC[C@H](C(=O)O)C3)C2)nc2ccccc21. The predicted octanol–water partition coefficient (Wildman–Crippen LogP) is 3.82. The van der Waals surface area contributed by atoms with Gasteiger partial charge in [0.25, 0.3) is 0 Å². The first-order chi connectivity index (χ1) is 13.5. The summed E-state index contributed by atoms with van der Waals surface area (Å²) >= 11 is 0. The summed E-state index contributed by atoms with van der Waals surface area (Å²) in [5, 5.41) is 9.23. The maximum Gasteiger partial charge on any atom is 0.306 e. The summed E-state index contributed by atoms with van der Waals surface area (Å²) in [4.78, 5) is 31.2. The lowest BCUT2D eigenvalue weighted by Gasteiger charge is -2.34. The Morgan fingerprint density at radius 1 is 1.14 bits per heavy atom. The van der Waals surface area contributed by atoms with Gasteiger partial charge >= 0.3 is 5.97 Å². The largest absolute Gasteiger partial charge is 0.481 e. The Labute approximate surface area is 165 Å². The van der Waals surface area contributed by atoms with E-state index in [2.05, 4.69) is 24.5 Å². The first-order valence-corrected chi connectivity index (χ1v) is 10.4. The first kappa shape index (κ1) is 19.0. The molecule has 2 aliphatic rings. The number of para-hydroxylation sites is 2. The molecule has 6 nitrogen and oxygen atoms in total. The molecule has 0 radical (unpaired) electrons. The summed E-state index contributed by atoms with van der Waals surface area (Å²) < 4.78 is 2.31. The number of nitrogens with zero attached hydrogens (tertiary/aromatic N) is 3. The van der Waals surface area contributed by atoms with Crippen molar-refractivity contribution in [1.29, 1.82) is 0 Å². The number of carboxylic acids is 1. The third kappa shape index (κ3) is 3.40. The number of hydrogen-bond acceptors (Lipinski definition) is 3. The van der Waals surface area contributed by atoms with Crippen molar-refractivity contribution in [2.75, 3.05) is 13.1 Å². The Morgan fingerprint density at radius 3 is 2.61 bits per heavy atom. The minimum atomic E-state index is -0.766. The van der Waals surface area contributed by atoms with Gasteiger partial charge in [-0.25, -0.2) is 4.98 Å². The topological polar surface area (TPSA) is 75.4 Å². The number of likely N-dealkylation sites (tertiary alicyclic amines) is 1. The van der Waals surface area contributed by atoms with Gasteiger partial charge in [0.2, 0.25) is 5.91 Å². The number of hydrogen-bond donors (Lipinski definition) is 1. The van der Waals surface area contributed by atoms with Crippen LogP contribution in [0.5, 0.6) is 0 Å². The van der Waals surface area contributed by atoms with Crippen LogP contribution in [0.15, 0.2) is 24.3 Å². The lowest BCUT2D eigenvalue weighted by atomic mass is 9.94. The van der Waals surface area contributed by atoms with Crippen LogP contribution in [0.2, 0.25) is 0 Å². The van der Waals surface area contributed by atoms with E-state index in [-0.39, 0.29) is 23.7 Å². The maximum atomic E-state index is 13.0. The summed E-state index contributed by atoms with van der Waals surface area (Å²) in [6.45, 7) is 5.80. The molecule has 150 valence electrons. The van der Waals surface area contributed by atoms with Crippen molar-refractivity contribution in [3.8, 4) is 0 Å². The molecule has 1 unspecified atom stereocenters. The van der Waals surface area contributed by atoms with Gasteiger partial charge in [0.05, 0.1) is 17.0 Å². The number of benzene rings is 1. The fraction of sp³-hybridized carbons (Fsp3) is 0.591. The molecule has 0 spiro atoms. The van der Waals surface area contributed by atoms with E-state index in [4.69, 9.17) is 4.98 Å². The van der Waals surface area contributed by atoms with Crippen molar-refractivity contribution in [3.63, 3.8) is 0 Å². The molecule has 0 bridgehead atoms. The number of carbonyl (C=O) groups is 2. The van der Waals surface area contributed by atoms with Crippen molar-refractivity contribution in [2.45, 2.75) is 57.9 Å². The molecule has 4 rings (SSSR count). The average Bonchev–Trinajstić information content (AvgIpc) is 3.32. The van der Waals surface area contributed by atoms with E-state index in [0.717, 1.165) is 36.2 Å². The molecule has 1 amide bonds. The highest BCUT2D eigenvalue weighted by molar-refractivity contribution is 5.81. The molecule has 1 aliphatic carbocycles. The number of amides is 1. The van der Waals surface area contributed by atoms with Gasteiger partial charge in [-0.3, -0.25) is 9.59 Å². The van der Waals surface area contributed by atoms with Crippen molar-refractivity contribution < 1.29 is 14.7 Å². The van der Waals surface area contributed by atoms with Crippen molar-refractivity contribution in [1.82, 2.24) is 14.5 Å². The smallest absolute Gasteiger partial charge is 0.306 e. The minimum Gasteiger partial charge on any atom is -0.481 e. The molecule has 1 aromatic carbocycles. The monoisotopic (exact) mass is 383 g/mol. The van der Waals surface area contributed by atoms with Gasteiger partial charge in [-0.15, -0.1) is 0 Å². The highest BCUT2D eigenvalue weighted by Crippen LogP contribution is 2.35. The van der Waals surface area contributed by atoms with Gasteiger partial charge in [-0.1, -0.05) is 12.1 Å². The average molecular weight is 383 g/mol. The van der Waals surface area contributed by atoms with Gasteiger partial charge in [0.1, 0.15) is 5.82 Å². The van der Waals surface area contributed by atoms with Gasteiger partial charge in [-0.2, -0.15) is 0 Å². The molecule has 1 aromatic heterocycles. The van der Waals surface area contributed by atoms with Crippen LogP contribution >= 0.6 is 0 Å². The van der Waals surface area contributed by atoms with Gasteiger partial charge in [0, 0.05) is 31.0 Å². The van der Waals surface area contributed by atoms with Gasteiger partial charge < -0.3 is 14.6 Å². The maximum absolute atomic E-state index is 13.0. The molecule has 2 heterocycles. The summed E-state index contributed by atoms with van der Waals surface area (Å²) in [6, 6.07) is 8.53. The van der Waals surface area contributed by atoms with Crippen LogP contribution in [0.3, 0.4) is 0 Å². The minimum absolute atomic E-state index is 0.135. The number of aliphatic carboxylic acids is 1. The number of imidazole rings is 1. The molecule has 6 heteroatoms. The van der Waals surface area contributed by atoms with E-state index in [1.807, 2.05) is 23.1 Å². The van der Waals surface area contributed by atoms with E-state index in [1.165, 1.54) is 0 Å². The second-order valence-corrected chi connectivity index (χ2v) is 8.59. The second kappa shape index (κ2) is 7.57. The van der Waals surface area contributed by atoms with Crippen molar-refractivity contribution in [3.05, 3.63) is 30.1 Å². The zero-order chi connectivity index (χ0) is 19.8. The van der Waals surface area contributed by atoms with Gasteiger partial charge in [0.15, 0.2) is 0 Å². The fourth-order valence-electron chi connectivity index (χ4n) is 4.97. The Morgan fingerprint density at radius 2 is 1.89 bits per heavy atom. The molecule has 1 aliphatic heterocycles. The zero-order valence-electron chi connectivity index (χ0n) is 16.7. The number of rotatable bonds is 4. The van der Waals surface area contributed by atoms with Gasteiger partial charge in [-0.05, 0) is 58.1 Å². The van der Waals surface area contributed by atoms with Crippen LogP contribution in [0.25, 0.3) is 11.0 Å². The van der Waals surface area contributed by atoms with E-state index < -0.39 is 5.97 Å². The number of piperidine rings is 1. The molecular weight excluding hydrogens is 354 g/mol. The predicted molar refractivity (Wildman–Crippen MR) is 107 cm³/mol. The molecule has 1 saturated carbocycles. The summed E-state index contributed by atoms with van der Waals surface area (Å²) in [5.74, 6) is 0.175. The molecule has 1 N–H and O–H groups in total. The normalized spacial score (nSPS) is 25.5. The summed E-state index contributed by atoms with van der Waals surface area (Å²) in [5.41, 5.74) is 2.16. The Bertz CT molecular complexity index is 888. The first-order valence-electron chi connectivity index (χ1n) is 10.4. The van der Waals surface area contributed by atoms with Crippen LogP contribution in [-0.4, -0.2) is 44.5 Å². The van der Waals surface area contributed by atoms with Crippen molar-refractivity contribution >= 4 is 22.9 Å². The van der Waals surface area contributed by atoms with Crippen LogP contribution in [0.4, 0.5) is 0 Å². The Balaban J connectivity index is 1.55. The standard InChI is InChI=1S/C22H29N3O3/c1-14(2)25-19-8-4-3-7-18(19)23-20(25)17-6-5-11-24(13-17)21(26)15-9-10-16(12-15)22(27)28/h3-4,7-8,14-17H,5-6,9-13H2,1-2H3,(H,27,28)/t15-,16+,17?/m1/s1. The summed E-state index contributed by atoms with van der Waals surface area (Å²) in [7, 11) is 0. The Kier molecular flexibility index (Phi) is 5.13. The highest BCUT2D eigenvalue weighted by atomic mass is 16.4. The van der Waals surface area contributed by atoms with Crippen molar-refractivity contribution in [2.24, 2.45) is 11.8 Å². The second-order valence-electron chi connectivity index (χ2n) is 8.59. The molecule has 28 heavy (non-hydrogen) atoms. The summed E-state index contributed by atoms with van der Waals surface area (Å²) in [6.07, 6.45) is 3.79. The van der Waals surface area contributed by atoms with E-state index >= 15 is 0 Å². The Hall–Kier alpha value is -2.37. The third-order valence-corrected chi connectivity index (χ3v) is 6.37. The zero-order valence-corrected chi connectivity index (χ0v) is 16.7. The number of carbonyl (C=O) groups excluding carboxylic acids is 1. The number of aromatic nitrogens is 2. The third-order valence-electron chi connectivity index (χ3n) is 6.37. The number of carboxylic acid groups (broad SMARTS) is 1. The molecule has 2 fully saturated rings. The van der Waals surface area contributed by atoms with Crippen LogP contribution < -0.4 is 0 Å². The molecule has 3 atom stereocenters. The van der Waals surface area contributed by atoms with E-state index in [1.54, 1.807) is 0 Å². The molecule has 2 aromatic rings. The lowest BCUT2D eigenvalue weighted by Crippen LogP contribution is -2.42. The highest BCUT2D eigenvalue weighted by Gasteiger charge is 2.38. The number of fused-ring (bicyclic) bond motifs is 1. The lowest BCUT2D eigenvalue weighted by molar-refractivity contribution is -0.141.